The molecule has 0 bridgehead atoms. The maximum atomic E-state index is 3.78. The second-order valence-electron chi connectivity index (χ2n) is 2.58. The van der Waals surface area contributed by atoms with Crippen molar-refractivity contribution in [2.45, 2.75) is 55.4 Å². The summed E-state index contributed by atoms with van der Waals surface area (Å²) < 4.78 is 3.89. The minimum atomic E-state index is 1.75. The zero-order valence-corrected chi connectivity index (χ0v) is 15.4. The van der Waals surface area contributed by atoms with Gasteiger partial charge in [-0.05, 0) is 12.1 Å². The number of imidazole rings is 1. The summed E-state index contributed by atoms with van der Waals surface area (Å²) in [6.45, 7) is 16.0. The Morgan fingerprint density at radius 2 is 1.00 bits per heavy atom. The first-order chi connectivity index (χ1) is 9.79. The Labute approximate surface area is 127 Å². The van der Waals surface area contributed by atoms with Crippen LogP contribution < -0.4 is 0 Å². The van der Waals surface area contributed by atoms with E-state index in [-0.39, 0.29) is 0 Å². The van der Waals surface area contributed by atoms with Gasteiger partial charge in [0.2, 0.25) is 0 Å². The van der Waals surface area contributed by atoms with Crippen LogP contribution >= 0.6 is 0 Å². The molecule has 120 valence electrons. The van der Waals surface area contributed by atoms with Crippen molar-refractivity contribution in [3.05, 3.63) is 43.2 Å². The van der Waals surface area contributed by atoms with E-state index in [1.165, 1.54) is 0 Å². The third-order valence-corrected chi connectivity index (χ3v) is 1.39. The van der Waals surface area contributed by atoms with Crippen molar-refractivity contribution in [1.29, 1.82) is 0 Å². The molecule has 0 aliphatic heterocycles. The fourth-order valence-electron chi connectivity index (χ4n) is 0.746. The first-order valence-electron chi connectivity index (χ1n) is 7.78. The Bertz CT molecular complexity index is 252. The molecule has 3 heteroatoms. The highest BCUT2D eigenvalue weighted by Gasteiger charge is 1.69. The molecule has 0 fully saturated rings. The fourth-order valence-corrected chi connectivity index (χ4v) is 0.746. The first kappa shape index (κ1) is 26.9. The largest absolute Gasteiger partial charge is 0.357 e. The van der Waals surface area contributed by atoms with Crippen LogP contribution in [0, 0.1) is 0 Å². The summed E-state index contributed by atoms with van der Waals surface area (Å²) in [7, 11) is 3.94. The Hall–Kier alpha value is -1.51. The van der Waals surface area contributed by atoms with Gasteiger partial charge in [-0.25, -0.2) is 4.98 Å². The topological polar surface area (TPSA) is 22.8 Å². The van der Waals surface area contributed by atoms with Crippen molar-refractivity contribution in [3.63, 3.8) is 0 Å². The summed E-state index contributed by atoms with van der Waals surface area (Å²) >= 11 is 0. The molecule has 0 radical (unpaired) electrons. The molecule has 0 saturated heterocycles. The van der Waals surface area contributed by atoms with Crippen molar-refractivity contribution in [2.24, 2.45) is 14.1 Å². The van der Waals surface area contributed by atoms with E-state index in [0.29, 0.717) is 0 Å². The van der Waals surface area contributed by atoms with Gasteiger partial charge in [-0.1, -0.05) is 55.4 Å². The van der Waals surface area contributed by atoms with Crippen molar-refractivity contribution < 1.29 is 0 Å². The average Bonchev–Trinajstić information content (AvgIpc) is 3.22. The highest BCUT2D eigenvalue weighted by atomic mass is 15.0. The molecule has 0 unspecified atom stereocenters. The monoisotopic (exact) mass is 283 g/mol. The Balaban J connectivity index is -0.0000000863. The van der Waals surface area contributed by atoms with Crippen LogP contribution in [0.5, 0.6) is 0 Å². The summed E-state index contributed by atoms with van der Waals surface area (Å²) in [5, 5.41) is 0. The number of hydrogen-bond donors (Lipinski definition) is 0. The van der Waals surface area contributed by atoms with Gasteiger partial charge in [-0.2, -0.15) is 0 Å². The summed E-state index contributed by atoms with van der Waals surface area (Å²) in [4.78, 5) is 3.78. The zero-order valence-electron chi connectivity index (χ0n) is 15.4. The first-order valence-corrected chi connectivity index (χ1v) is 7.78. The molecule has 2 heterocycles. The molecule has 2 rings (SSSR count). The molecule has 2 aromatic rings. The molecule has 0 aliphatic carbocycles. The average molecular weight is 284 g/mol. The smallest absolute Gasteiger partial charge is 0.0943 e. The number of nitrogens with zero attached hydrogens (tertiary/aromatic N) is 3. The maximum absolute atomic E-state index is 3.78. The van der Waals surface area contributed by atoms with Crippen LogP contribution in [0.15, 0.2) is 43.2 Å². The number of rotatable bonds is 0. The van der Waals surface area contributed by atoms with Gasteiger partial charge in [-0.3, -0.25) is 0 Å². The third-order valence-electron chi connectivity index (χ3n) is 1.39. The van der Waals surface area contributed by atoms with E-state index in [2.05, 4.69) is 4.98 Å². The predicted molar refractivity (Wildman–Crippen MR) is 94.0 cm³/mol. The van der Waals surface area contributed by atoms with Crippen LogP contribution in [0.3, 0.4) is 0 Å². The van der Waals surface area contributed by atoms with Crippen molar-refractivity contribution in [1.82, 2.24) is 14.1 Å². The fraction of sp³-hybridized carbons (Fsp3) is 0.588. The molecular formula is C17H37N3. The molecule has 20 heavy (non-hydrogen) atoms. The van der Waals surface area contributed by atoms with E-state index in [1.54, 1.807) is 12.5 Å². The second-order valence-corrected chi connectivity index (χ2v) is 2.58. The number of aromatic nitrogens is 3. The van der Waals surface area contributed by atoms with Gasteiger partial charge < -0.3 is 9.13 Å². The Morgan fingerprint density at radius 3 is 1.10 bits per heavy atom. The lowest BCUT2D eigenvalue weighted by Crippen LogP contribution is -1.76. The molecule has 0 aromatic carbocycles. The maximum Gasteiger partial charge on any atom is 0.0943 e. The van der Waals surface area contributed by atoms with E-state index < -0.39 is 0 Å². The highest BCUT2D eigenvalue weighted by molar-refractivity contribution is 4.88. The third kappa shape index (κ3) is 25.4. The normalized spacial score (nSPS) is 6.50. The molecular weight excluding hydrogens is 246 g/mol. The Kier molecular flexibility index (Phi) is 41.1. The standard InChI is InChI=1S/C5H7N.C4H6N2.4C2H6/c1-6-4-2-3-5-6;1-6-3-2-5-4-6;4*1-2/h2-5H,1H3;2-4H,1H3;4*1-2H3. The van der Waals surface area contributed by atoms with Crippen LogP contribution in [0.2, 0.25) is 0 Å². The molecule has 0 saturated carbocycles. The molecule has 0 spiro atoms. The zero-order chi connectivity index (χ0) is 16.8. The minimum absolute atomic E-state index is 1.75. The lowest BCUT2D eigenvalue weighted by Gasteiger charge is -1.79. The summed E-state index contributed by atoms with van der Waals surface area (Å²) in [5.41, 5.74) is 0. The molecule has 0 aliphatic rings. The summed E-state index contributed by atoms with van der Waals surface area (Å²) in [6.07, 6.45) is 9.39. The van der Waals surface area contributed by atoms with Gasteiger partial charge in [0.15, 0.2) is 0 Å². The van der Waals surface area contributed by atoms with Gasteiger partial charge in [0.1, 0.15) is 0 Å². The van der Waals surface area contributed by atoms with E-state index in [0.717, 1.165) is 0 Å². The van der Waals surface area contributed by atoms with E-state index in [1.807, 2.05) is 109 Å². The summed E-state index contributed by atoms with van der Waals surface area (Å²) in [5.74, 6) is 0. The van der Waals surface area contributed by atoms with Crippen molar-refractivity contribution in [2.75, 3.05) is 0 Å². The number of hydrogen-bond acceptors (Lipinski definition) is 1. The van der Waals surface area contributed by atoms with Crippen molar-refractivity contribution in [3.8, 4) is 0 Å². The summed E-state index contributed by atoms with van der Waals surface area (Å²) in [6, 6.07) is 4.00. The van der Waals surface area contributed by atoms with E-state index in [9.17, 15) is 0 Å². The lowest BCUT2D eigenvalue weighted by molar-refractivity contribution is 0.913. The molecule has 3 nitrogen and oxygen atoms in total. The minimum Gasteiger partial charge on any atom is -0.357 e. The van der Waals surface area contributed by atoms with E-state index >= 15 is 0 Å². The van der Waals surface area contributed by atoms with Gasteiger partial charge in [0, 0.05) is 38.9 Å². The van der Waals surface area contributed by atoms with Crippen molar-refractivity contribution >= 4 is 0 Å². The second kappa shape index (κ2) is 30.5. The van der Waals surface area contributed by atoms with Crippen LogP contribution in [0.1, 0.15) is 55.4 Å². The number of aryl methyl sites for hydroxylation is 2. The van der Waals surface area contributed by atoms with Gasteiger partial charge in [0.25, 0.3) is 0 Å². The molecule has 0 N–H and O–H groups in total. The van der Waals surface area contributed by atoms with Gasteiger partial charge in [-0.15, -0.1) is 0 Å². The highest BCUT2D eigenvalue weighted by Crippen LogP contribution is 1.80. The Morgan fingerprint density at radius 1 is 0.600 bits per heavy atom. The van der Waals surface area contributed by atoms with Crippen LogP contribution in [0.25, 0.3) is 0 Å². The predicted octanol–water partition coefficient (Wildman–Crippen LogP) is 5.55. The van der Waals surface area contributed by atoms with E-state index in [4.69, 9.17) is 0 Å². The lowest BCUT2D eigenvalue weighted by atomic mass is 10.7. The molecule has 0 atom stereocenters. The quantitative estimate of drug-likeness (QED) is 0.621. The van der Waals surface area contributed by atoms with Crippen LogP contribution in [-0.2, 0) is 14.1 Å². The van der Waals surface area contributed by atoms with Crippen LogP contribution in [0.4, 0.5) is 0 Å². The van der Waals surface area contributed by atoms with Gasteiger partial charge in [0.05, 0.1) is 6.33 Å². The van der Waals surface area contributed by atoms with Gasteiger partial charge >= 0.3 is 0 Å². The molecule has 2 aromatic heterocycles. The molecule has 0 amide bonds. The van der Waals surface area contributed by atoms with Crippen LogP contribution in [-0.4, -0.2) is 14.1 Å². The SMILES string of the molecule is CC.CC.CC.CC.Cn1cccc1.Cn1ccnc1.